The van der Waals surface area contributed by atoms with Crippen molar-refractivity contribution in [3.05, 3.63) is 151 Å². The highest BCUT2D eigenvalue weighted by molar-refractivity contribution is 5.94. The van der Waals surface area contributed by atoms with Crippen molar-refractivity contribution in [2.75, 3.05) is 0 Å². The van der Waals surface area contributed by atoms with E-state index < -0.39 is 0 Å². The number of hydrogen-bond donors (Lipinski definition) is 0. The van der Waals surface area contributed by atoms with Crippen LogP contribution in [0.4, 0.5) is 0 Å². The van der Waals surface area contributed by atoms with Gasteiger partial charge in [0.05, 0.1) is 5.52 Å². The van der Waals surface area contributed by atoms with Crippen LogP contribution in [0, 0.1) is 0 Å². The third-order valence-corrected chi connectivity index (χ3v) is 8.04. The van der Waals surface area contributed by atoms with Crippen molar-refractivity contribution in [1.82, 2.24) is 19.9 Å². The Morgan fingerprint density at radius 1 is 0.548 bits per heavy atom. The van der Waals surface area contributed by atoms with Gasteiger partial charge in [-0.2, -0.15) is 0 Å². The summed E-state index contributed by atoms with van der Waals surface area (Å²) in [6.45, 7) is 0. The minimum atomic E-state index is 0.0399. The summed E-state index contributed by atoms with van der Waals surface area (Å²) in [5.74, 6) is 2.20. The molecule has 198 valence electrons. The van der Waals surface area contributed by atoms with E-state index in [0.29, 0.717) is 11.6 Å². The molecule has 5 aromatic carbocycles. The first-order chi connectivity index (χ1) is 20.8. The molecule has 0 aliphatic heterocycles. The van der Waals surface area contributed by atoms with Gasteiger partial charge >= 0.3 is 0 Å². The van der Waals surface area contributed by atoms with Gasteiger partial charge in [0.2, 0.25) is 0 Å². The third-order valence-electron chi connectivity index (χ3n) is 8.04. The molecule has 2 heterocycles. The number of fused-ring (bicyclic) bond motifs is 3. The summed E-state index contributed by atoms with van der Waals surface area (Å²) >= 11 is 0. The third kappa shape index (κ3) is 4.43. The Balaban J connectivity index is 1.21. The maximum absolute atomic E-state index is 5.05. The van der Waals surface area contributed by atoms with Crippen LogP contribution >= 0.6 is 0 Å². The molecule has 4 heteroatoms. The van der Waals surface area contributed by atoms with Crippen LogP contribution < -0.4 is 0 Å². The van der Waals surface area contributed by atoms with Gasteiger partial charge in [0.25, 0.3) is 0 Å². The summed E-state index contributed by atoms with van der Waals surface area (Å²) < 4.78 is 0. The van der Waals surface area contributed by atoms with Gasteiger partial charge in [-0.05, 0) is 51.7 Å². The van der Waals surface area contributed by atoms with Crippen LogP contribution in [0.5, 0.6) is 0 Å². The van der Waals surface area contributed by atoms with Crippen molar-refractivity contribution in [3.63, 3.8) is 0 Å². The van der Waals surface area contributed by atoms with Gasteiger partial charge in [-0.1, -0.05) is 115 Å². The molecule has 4 nitrogen and oxygen atoms in total. The first-order valence-electron chi connectivity index (χ1n) is 14.3. The number of benzene rings is 5. The second-order valence-electron chi connectivity index (χ2n) is 10.7. The molecule has 1 unspecified atom stereocenters. The lowest BCUT2D eigenvalue weighted by Gasteiger charge is -2.18. The highest BCUT2D eigenvalue weighted by Crippen LogP contribution is 2.34. The molecule has 0 bridgehead atoms. The molecular weight excluding hydrogens is 512 g/mol. The minimum Gasteiger partial charge on any atom is -0.256 e. The van der Waals surface area contributed by atoms with E-state index in [1.165, 1.54) is 16.3 Å². The average molecular weight is 539 g/mol. The standard InChI is InChI=1S/C38H26N4/c1-3-9-30-23-32(20-14-25(30)7-1)37-40-36(41-38(42-37)33-21-15-26-8-2-4-10-31(26)24-33)29-18-16-27(17-19-29)34-13-5-11-28-12-6-22-39-35(28)34/h1-18,20-24,29H,19H2. The molecule has 1 atom stereocenters. The smallest absolute Gasteiger partial charge is 0.163 e. The molecule has 0 amide bonds. The molecule has 7 aromatic rings. The average Bonchev–Trinajstić information content (AvgIpc) is 3.07. The number of aromatic nitrogens is 4. The van der Waals surface area contributed by atoms with E-state index in [1.54, 1.807) is 0 Å². The van der Waals surface area contributed by atoms with Crippen LogP contribution in [0.3, 0.4) is 0 Å². The molecule has 0 saturated heterocycles. The largest absolute Gasteiger partial charge is 0.256 e. The summed E-state index contributed by atoms with van der Waals surface area (Å²) in [5.41, 5.74) is 5.31. The van der Waals surface area contributed by atoms with Crippen LogP contribution in [0.25, 0.3) is 60.8 Å². The number of hydrogen-bond acceptors (Lipinski definition) is 4. The summed E-state index contributed by atoms with van der Waals surface area (Å²) in [6.07, 6.45) is 9.35. The Bertz CT molecular complexity index is 2090. The van der Waals surface area contributed by atoms with Crippen LogP contribution in [0.2, 0.25) is 0 Å². The Labute approximate surface area is 243 Å². The van der Waals surface area contributed by atoms with Crippen molar-refractivity contribution in [1.29, 1.82) is 0 Å². The van der Waals surface area contributed by atoms with Crippen molar-refractivity contribution >= 4 is 38.0 Å². The van der Waals surface area contributed by atoms with E-state index in [4.69, 9.17) is 15.0 Å². The maximum atomic E-state index is 5.05. The number of allylic oxidation sites excluding steroid dienone is 4. The van der Waals surface area contributed by atoms with E-state index in [-0.39, 0.29) is 5.92 Å². The predicted molar refractivity (Wildman–Crippen MR) is 172 cm³/mol. The molecular formula is C38H26N4. The molecule has 0 saturated carbocycles. The first-order valence-corrected chi connectivity index (χ1v) is 14.3. The van der Waals surface area contributed by atoms with Crippen molar-refractivity contribution in [2.24, 2.45) is 0 Å². The van der Waals surface area contributed by atoms with E-state index in [9.17, 15) is 0 Å². The lowest BCUT2D eigenvalue weighted by atomic mass is 9.91. The van der Waals surface area contributed by atoms with Crippen LogP contribution in [-0.4, -0.2) is 19.9 Å². The molecule has 1 aliphatic rings. The van der Waals surface area contributed by atoms with E-state index in [0.717, 1.165) is 50.6 Å². The van der Waals surface area contributed by atoms with Crippen molar-refractivity contribution in [2.45, 2.75) is 12.3 Å². The van der Waals surface area contributed by atoms with E-state index >= 15 is 0 Å². The summed E-state index contributed by atoms with van der Waals surface area (Å²) in [7, 11) is 0. The topological polar surface area (TPSA) is 51.6 Å². The van der Waals surface area contributed by atoms with Gasteiger partial charge in [-0.3, -0.25) is 4.98 Å². The predicted octanol–water partition coefficient (Wildman–Crippen LogP) is 9.19. The Morgan fingerprint density at radius 3 is 1.81 bits per heavy atom. The molecule has 1 aliphatic carbocycles. The SMILES string of the molecule is C1=CC(c2nc(-c3ccc4ccccc4c3)nc(-c3ccc4ccccc4c3)n2)CC=C1c1cccc2cccnc12. The normalized spacial score (nSPS) is 14.9. The molecule has 8 rings (SSSR count). The summed E-state index contributed by atoms with van der Waals surface area (Å²) in [6, 6.07) is 40.0. The van der Waals surface area contributed by atoms with Crippen molar-refractivity contribution < 1.29 is 0 Å². The molecule has 0 radical (unpaired) electrons. The quantitative estimate of drug-likeness (QED) is 0.224. The van der Waals surface area contributed by atoms with Gasteiger partial charge < -0.3 is 0 Å². The fourth-order valence-corrected chi connectivity index (χ4v) is 5.82. The molecule has 2 aromatic heterocycles. The molecule has 0 fully saturated rings. The maximum Gasteiger partial charge on any atom is 0.163 e. The molecule has 0 N–H and O–H groups in total. The highest BCUT2D eigenvalue weighted by atomic mass is 15.0. The van der Waals surface area contributed by atoms with E-state index in [2.05, 4.69) is 132 Å². The second-order valence-corrected chi connectivity index (χ2v) is 10.7. The van der Waals surface area contributed by atoms with Crippen LogP contribution in [0.15, 0.2) is 140 Å². The lowest BCUT2D eigenvalue weighted by molar-refractivity contribution is 0.766. The lowest BCUT2D eigenvalue weighted by Crippen LogP contribution is -2.08. The molecule has 0 spiro atoms. The highest BCUT2D eigenvalue weighted by Gasteiger charge is 2.20. The van der Waals surface area contributed by atoms with Gasteiger partial charge in [0, 0.05) is 34.2 Å². The first kappa shape index (κ1) is 24.3. The zero-order valence-corrected chi connectivity index (χ0v) is 22.9. The summed E-state index contributed by atoms with van der Waals surface area (Å²) in [4.78, 5) is 19.8. The summed E-state index contributed by atoms with van der Waals surface area (Å²) in [5, 5.41) is 5.86. The fraction of sp³-hybridized carbons (Fsp3) is 0.0526. The number of para-hydroxylation sites is 1. The van der Waals surface area contributed by atoms with Crippen molar-refractivity contribution in [3.8, 4) is 22.8 Å². The second kappa shape index (κ2) is 10.2. The Morgan fingerprint density at radius 2 is 1.17 bits per heavy atom. The molecule has 42 heavy (non-hydrogen) atoms. The van der Waals surface area contributed by atoms with Gasteiger partial charge in [0.1, 0.15) is 5.82 Å². The minimum absolute atomic E-state index is 0.0399. The zero-order chi connectivity index (χ0) is 27.9. The Kier molecular flexibility index (Phi) is 5.89. The monoisotopic (exact) mass is 538 g/mol. The Hall–Kier alpha value is -5.48. The van der Waals surface area contributed by atoms with E-state index in [1.807, 2.05) is 12.3 Å². The van der Waals surface area contributed by atoms with Crippen LogP contribution in [0.1, 0.15) is 23.7 Å². The number of rotatable bonds is 4. The van der Waals surface area contributed by atoms with Gasteiger partial charge in [-0.25, -0.2) is 15.0 Å². The number of nitrogens with zero attached hydrogens (tertiary/aromatic N) is 4. The van der Waals surface area contributed by atoms with Gasteiger partial charge in [0.15, 0.2) is 11.6 Å². The van der Waals surface area contributed by atoms with Crippen LogP contribution in [-0.2, 0) is 0 Å². The zero-order valence-electron chi connectivity index (χ0n) is 22.9. The van der Waals surface area contributed by atoms with Gasteiger partial charge in [-0.15, -0.1) is 0 Å². The number of pyridine rings is 1. The fourth-order valence-electron chi connectivity index (χ4n) is 5.82.